The third-order valence-electron chi connectivity index (χ3n) is 2.39. The van der Waals surface area contributed by atoms with Crippen molar-refractivity contribution in [1.82, 2.24) is 9.78 Å². The van der Waals surface area contributed by atoms with Crippen molar-refractivity contribution in [2.45, 2.75) is 6.54 Å². The highest BCUT2D eigenvalue weighted by atomic mass is 35.5. The number of aliphatic carboxylic acids is 1. The van der Waals surface area contributed by atoms with Crippen LogP contribution in [0.25, 0.3) is 0 Å². The molecule has 0 unspecified atom stereocenters. The van der Waals surface area contributed by atoms with Crippen molar-refractivity contribution in [3.05, 3.63) is 46.2 Å². The van der Waals surface area contributed by atoms with Crippen LogP contribution in [-0.2, 0) is 11.3 Å². The molecule has 0 aliphatic heterocycles. The first kappa shape index (κ1) is 14.4. The number of halogens is 2. The van der Waals surface area contributed by atoms with E-state index >= 15 is 0 Å². The number of rotatable bonds is 4. The predicted molar refractivity (Wildman–Crippen MR) is 74.3 cm³/mol. The van der Waals surface area contributed by atoms with Crippen LogP contribution in [0.15, 0.2) is 30.6 Å². The molecule has 2 rings (SSSR count). The number of hydrogen-bond acceptors (Lipinski definition) is 3. The van der Waals surface area contributed by atoms with Gasteiger partial charge in [-0.1, -0.05) is 29.3 Å². The molecule has 20 heavy (non-hydrogen) atoms. The monoisotopic (exact) mass is 313 g/mol. The second kappa shape index (κ2) is 5.94. The minimum atomic E-state index is -1.04. The summed E-state index contributed by atoms with van der Waals surface area (Å²) in [7, 11) is 0. The molecule has 2 N–H and O–H groups in total. The lowest BCUT2D eigenvalue weighted by Gasteiger charge is -2.06. The van der Waals surface area contributed by atoms with E-state index in [-0.39, 0.29) is 17.1 Å². The molecule has 0 spiro atoms. The zero-order valence-corrected chi connectivity index (χ0v) is 11.5. The molecule has 0 radical (unpaired) electrons. The van der Waals surface area contributed by atoms with Crippen molar-refractivity contribution < 1.29 is 14.7 Å². The Labute approximate surface area is 123 Å². The zero-order chi connectivity index (χ0) is 14.7. The van der Waals surface area contributed by atoms with Crippen molar-refractivity contribution in [2.75, 3.05) is 5.32 Å². The Morgan fingerprint density at radius 3 is 2.80 bits per heavy atom. The summed E-state index contributed by atoms with van der Waals surface area (Å²) in [5, 5.41) is 15.5. The number of hydrogen-bond donors (Lipinski definition) is 2. The number of aromatic nitrogens is 2. The summed E-state index contributed by atoms with van der Waals surface area (Å²) in [6, 6.07) is 4.86. The normalized spacial score (nSPS) is 10.3. The molecule has 0 saturated carbocycles. The Morgan fingerprint density at radius 2 is 2.10 bits per heavy atom. The van der Waals surface area contributed by atoms with Gasteiger partial charge in [-0.05, 0) is 12.1 Å². The number of carboxylic acid groups (broad SMARTS) is 1. The van der Waals surface area contributed by atoms with Crippen LogP contribution >= 0.6 is 23.2 Å². The largest absolute Gasteiger partial charge is 0.480 e. The molecule has 0 bridgehead atoms. The fourth-order valence-corrected chi connectivity index (χ4v) is 1.85. The Bertz CT molecular complexity index is 670. The fourth-order valence-electron chi connectivity index (χ4n) is 1.50. The summed E-state index contributed by atoms with van der Waals surface area (Å²) >= 11 is 11.8. The number of anilines is 1. The van der Waals surface area contributed by atoms with Gasteiger partial charge >= 0.3 is 5.97 Å². The molecule has 0 atom stereocenters. The van der Waals surface area contributed by atoms with Gasteiger partial charge in [0.2, 0.25) is 0 Å². The summed E-state index contributed by atoms with van der Waals surface area (Å²) < 4.78 is 1.15. The number of carboxylic acids is 1. The van der Waals surface area contributed by atoms with E-state index in [1.165, 1.54) is 12.4 Å². The predicted octanol–water partition coefficient (Wildman–Crippen LogP) is 2.53. The van der Waals surface area contributed by atoms with Gasteiger partial charge in [0.1, 0.15) is 6.54 Å². The average Bonchev–Trinajstić information content (AvgIpc) is 2.82. The van der Waals surface area contributed by atoms with Crippen LogP contribution in [0.1, 0.15) is 10.4 Å². The van der Waals surface area contributed by atoms with E-state index in [9.17, 15) is 9.59 Å². The van der Waals surface area contributed by atoms with Gasteiger partial charge in [0, 0.05) is 6.20 Å². The van der Waals surface area contributed by atoms with E-state index in [2.05, 4.69) is 10.4 Å². The summed E-state index contributed by atoms with van der Waals surface area (Å²) in [4.78, 5) is 22.5. The van der Waals surface area contributed by atoms with Crippen molar-refractivity contribution in [2.24, 2.45) is 0 Å². The highest BCUT2D eigenvalue weighted by molar-refractivity contribution is 6.44. The van der Waals surface area contributed by atoms with Crippen LogP contribution in [-0.4, -0.2) is 26.8 Å². The topological polar surface area (TPSA) is 84.2 Å². The van der Waals surface area contributed by atoms with Crippen LogP contribution in [0.5, 0.6) is 0 Å². The highest BCUT2D eigenvalue weighted by Gasteiger charge is 2.12. The van der Waals surface area contributed by atoms with Gasteiger partial charge < -0.3 is 10.4 Å². The first-order valence-corrected chi connectivity index (χ1v) is 6.22. The summed E-state index contributed by atoms with van der Waals surface area (Å²) in [5.74, 6) is -1.50. The van der Waals surface area contributed by atoms with Crippen LogP contribution < -0.4 is 5.32 Å². The van der Waals surface area contributed by atoms with Crippen LogP contribution in [0.2, 0.25) is 10.0 Å². The molecule has 1 aromatic carbocycles. The maximum Gasteiger partial charge on any atom is 0.325 e. The minimum Gasteiger partial charge on any atom is -0.480 e. The van der Waals surface area contributed by atoms with Crippen molar-refractivity contribution >= 4 is 40.8 Å². The summed E-state index contributed by atoms with van der Waals surface area (Å²) in [5.41, 5.74) is 0.595. The van der Waals surface area contributed by atoms with Gasteiger partial charge in [-0.25, -0.2) is 0 Å². The molecule has 2 aromatic rings. The smallest absolute Gasteiger partial charge is 0.325 e. The standard InChI is InChI=1S/C12H9Cl2N3O3/c13-8-2-1-3-9(11(8)14)16-12(20)7-4-15-17(5-7)6-10(18)19/h1-5H,6H2,(H,16,20)(H,18,19). The van der Waals surface area contributed by atoms with E-state index in [0.717, 1.165) is 4.68 Å². The van der Waals surface area contributed by atoms with E-state index in [4.69, 9.17) is 28.3 Å². The lowest BCUT2D eigenvalue weighted by Crippen LogP contribution is -2.12. The molecule has 1 heterocycles. The van der Waals surface area contributed by atoms with Gasteiger partial charge in [-0.3, -0.25) is 14.3 Å². The Balaban J connectivity index is 2.14. The summed E-state index contributed by atoms with van der Waals surface area (Å²) in [6.45, 7) is -0.314. The second-order valence-electron chi connectivity index (χ2n) is 3.88. The van der Waals surface area contributed by atoms with E-state index < -0.39 is 11.9 Å². The van der Waals surface area contributed by atoms with E-state index in [1.807, 2.05) is 0 Å². The number of carbonyl (C=O) groups is 2. The van der Waals surface area contributed by atoms with Crippen LogP contribution in [0.4, 0.5) is 5.69 Å². The molecule has 1 amide bonds. The molecule has 0 saturated heterocycles. The van der Waals surface area contributed by atoms with Crippen LogP contribution in [0.3, 0.4) is 0 Å². The first-order valence-electron chi connectivity index (χ1n) is 5.47. The van der Waals surface area contributed by atoms with Crippen LogP contribution in [0, 0.1) is 0 Å². The molecule has 0 aliphatic rings. The number of nitrogens with zero attached hydrogens (tertiary/aromatic N) is 2. The SMILES string of the molecule is O=C(O)Cn1cc(C(=O)Nc2cccc(Cl)c2Cl)cn1. The Kier molecular flexibility index (Phi) is 4.26. The highest BCUT2D eigenvalue weighted by Crippen LogP contribution is 2.29. The first-order chi connectivity index (χ1) is 9.47. The minimum absolute atomic E-state index is 0.224. The quantitative estimate of drug-likeness (QED) is 0.908. The number of carbonyl (C=O) groups excluding carboxylic acids is 1. The molecule has 104 valence electrons. The molecule has 6 nitrogen and oxygen atoms in total. The number of benzene rings is 1. The van der Waals surface area contributed by atoms with Crippen molar-refractivity contribution in [3.63, 3.8) is 0 Å². The molecule has 0 aliphatic carbocycles. The maximum absolute atomic E-state index is 12.0. The Morgan fingerprint density at radius 1 is 1.35 bits per heavy atom. The molecular weight excluding hydrogens is 305 g/mol. The van der Waals surface area contributed by atoms with Gasteiger partial charge in [0.15, 0.2) is 0 Å². The van der Waals surface area contributed by atoms with E-state index in [1.54, 1.807) is 18.2 Å². The van der Waals surface area contributed by atoms with Crippen molar-refractivity contribution in [1.29, 1.82) is 0 Å². The molecule has 1 aromatic heterocycles. The average molecular weight is 314 g/mol. The van der Waals surface area contributed by atoms with Gasteiger partial charge in [-0.15, -0.1) is 0 Å². The second-order valence-corrected chi connectivity index (χ2v) is 4.66. The number of amides is 1. The molecule has 0 fully saturated rings. The summed E-state index contributed by atoms with van der Waals surface area (Å²) in [6.07, 6.45) is 2.61. The maximum atomic E-state index is 12.0. The van der Waals surface area contributed by atoms with Gasteiger partial charge in [0.05, 0.1) is 27.5 Å². The third kappa shape index (κ3) is 3.28. The van der Waals surface area contributed by atoms with Gasteiger partial charge in [0.25, 0.3) is 5.91 Å². The lowest BCUT2D eigenvalue weighted by molar-refractivity contribution is -0.137. The van der Waals surface area contributed by atoms with Crippen molar-refractivity contribution in [3.8, 4) is 0 Å². The third-order valence-corrected chi connectivity index (χ3v) is 3.21. The molecule has 8 heteroatoms. The number of nitrogens with one attached hydrogen (secondary N) is 1. The van der Waals surface area contributed by atoms with E-state index in [0.29, 0.717) is 10.7 Å². The molecular formula is C12H9Cl2N3O3. The lowest BCUT2D eigenvalue weighted by atomic mass is 10.3. The zero-order valence-electron chi connectivity index (χ0n) is 10.0. The Hall–Kier alpha value is -2.05. The van der Waals surface area contributed by atoms with Gasteiger partial charge in [-0.2, -0.15) is 5.10 Å². The fraction of sp³-hybridized carbons (Fsp3) is 0.0833.